The topological polar surface area (TPSA) is 79.4 Å². The Morgan fingerprint density at radius 1 is 1.16 bits per heavy atom. The van der Waals surface area contributed by atoms with Crippen molar-refractivity contribution in [3.63, 3.8) is 0 Å². The van der Waals surface area contributed by atoms with Gasteiger partial charge >= 0.3 is 0 Å². The number of benzene rings is 1. The summed E-state index contributed by atoms with van der Waals surface area (Å²) in [5, 5.41) is 0. The molecule has 1 N–H and O–H groups in total. The van der Waals surface area contributed by atoms with Crippen LogP contribution in [0.15, 0.2) is 36.4 Å². The van der Waals surface area contributed by atoms with Crippen molar-refractivity contribution < 1.29 is 13.2 Å². The molecule has 7 heteroatoms. The predicted octanol–water partition coefficient (Wildman–Crippen LogP) is 4.30. The van der Waals surface area contributed by atoms with Gasteiger partial charge in [-0.15, -0.1) is 0 Å². The van der Waals surface area contributed by atoms with Crippen molar-refractivity contribution in [3.05, 3.63) is 53.2 Å². The summed E-state index contributed by atoms with van der Waals surface area (Å²) < 4.78 is 25.1. The molecule has 1 aliphatic heterocycles. The van der Waals surface area contributed by atoms with Gasteiger partial charge in [-0.3, -0.25) is 9.52 Å². The van der Waals surface area contributed by atoms with Gasteiger partial charge in [0.1, 0.15) is 11.6 Å². The van der Waals surface area contributed by atoms with Gasteiger partial charge in [0.15, 0.2) is 0 Å². The highest BCUT2D eigenvalue weighted by Crippen LogP contribution is 2.27. The number of anilines is 2. The zero-order chi connectivity index (χ0) is 22.6. The number of carbonyl (C=O) groups excluding carboxylic acids is 1. The summed E-state index contributed by atoms with van der Waals surface area (Å²) in [7, 11) is -3.31. The second-order valence-electron chi connectivity index (χ2n) is 8.79. The number of carbonyl (C=O) groups is 1. The third kappa shape index (κ3) is 6.53. The van der Waals surface area contributed by atoms with Crippen LogP contribution in [-0.2, 0) is 21.2 Å². The molecule has 0 aliphatic carbocycles. The number of aryl methyl sites for hydroxylation is 2. The molecule has 3 rings (SSSR count). The monoisotopic (exact) mass is 443 g/mol. The molecular weight excluding hydrogens is 410 g/mol. The molecule has 1 aromatic heterocycles. The molecule has 2 aromatic rings. The van der Waals surface area contributed by atoms with Crippen LogP contribution in [0.4, 0.5) is 11.5 Å². The van der Waals surface area contributed by atoms with Crippen molar-refractivity contribution >= 4 is 27.3 Å². The third-order valence-electron chi connectivity index (χ3n) is 6.02. The molecule has 1 saturated heterocycles. The van der Waals surface area contributed by atoms with Gasteiger partial charge in [-0.25, -0.2) is 13.4 Å². The highest BCUT2D eigenvalue weighted by Gasteiger charge is 2.21. The number of nitrogens with one attached hydrogen (secondary N) is 1. The van der Waals surface area contributed by atoms with Crippen LogP contribution in [0.1, 0.15) is 55.8 Å². The van der Waals surface area contributed by atoms with E-state index in [-0.39, 0.29) is 11.7 Å². The summed E-state index contributed by atoms with van der Waals surface area (Å²) in [6.45, 7) is 8.24. The zero-order valence-electron chi connectivity index (χ0n) is 18.9. The van der Waals surface area contributed by atoms with Crippen molar-refractivity contribution in [3.8, 4) is 0 Å². The molecular formula is C24H33N3O3S. The molecule has 31 heavy (non-hydrogen) atoms. The van der Waals surface area contributed by atoms with Crippen LogP contribution in [0, 0.1) is 12.8 Å². The van der Waals surface area contributed by atoms with Crippen LogP contribution in [0.3, 0.4) is 0 Å². The molecule has 0 amide bonds. The van der Waals surface area contributed by atoms with E-state index in [9.17, 15) is 13.2 Å². The van der Waals surface area contributed by atoms with Gasteiger partial charge in [-0.1, -0.05) is 32.0 Å². The number of ketones is 1. The minimum atomic E-state index is -3.31. The van der Waals surface area contributed by atoms with Crippen LogP contribution in [-0.4, -0.2) is 38.5 Å². The molecule has 0 spiro atoms. The van der Waals surface area contributed by atoms with Crippen molar-refractivity contribution in [2.24, 2.45) is 5.92 Å². The average Bonchev–Trinajstić information content (AvgIpc) is 2.72. The van der Waals surface area contributed by atoms with Gasteiger partial charge in [0.05, 0.1) is 6.26 Å². The standard InChI is InChI=1S/C24H33N3O3S/c1-17-13-15-27(16-14-17)24-21(6-5-18(2)25-24)9-12-23(28)19(3)20-7-10-22(11-8-20)26-31(4,29)30/h5-8,10-11,17,19,26H,9,12-16H2,1-4H3. The highest BCUT2D eigenvalue weighted by molar-refractivity contribution is 7.92. The van der Waals surface area contributed by atoms with E-state index in [4.69, 9.17) is 4.98 Å². The van der Waals surface area contributed by atoms with Crippen LogP contribution in [0.2, 0.25) is 0 Å². The summed E-state index contributed by atoms with van der Waals surface area (Å²) in [6.07, 6.45) is 4.59. The molecule has 1 aliphatic rings. The lowest BCUT2D eigenvalue weighted by atomic mass is 9.92. The van der Waals surface area contributed by atoms with Crippen LogP contribution >= 0.6 is 0 Å². The number of pyridine rings is 1. The Labute approximate surface area is 186 Å². The molecule has 2 heterocycles. The summed E-state index contributed by atoms with van der Waals surface area (Å²) in [6, 6.07) is 11.1. The van der Waals surface area contributed by atoms with Gasteiger partial charge in [0.25, 0.3) is 0 Å². The lowest BCUT2D eigenvalue weighted by Gasteiger charge is -2.32. The Hall–Kier alpha value is -2.41. The van der Waals surface area contributed by atoms with Crippen LogP contribution in [0.25, 0.3) is 0 Å². The summed E-state index contributed by atoms with van der Waals surface area (Å²) >= 11 is 0. The number of hydrogen-bond donors (Lipinski definition) is 1. The van der Waals surface area contributed by atoms with Crippen molar-refractivity contribution in [1.29, 1.82) is 0 Å². The first kappa shape index (κ1) is 23.3. The van der Waals surface area contributed by atoms with E-state index < -0.39 is 10.0 Å². The van der Waals surface area contributed by atoms with Crippen molar-refractivity contribution in [1.82, 2.24) is 4.98 Å². The second-order valence-corrected chi connectivity index (χ2v) is 10.5. The van der Waals surface area contributed by atoms with E-state index in [0.717, 1.165) is 47.9 Å². The molecule has 1 fully saturated rings. The SMILES string of the molecule is Cc1ccc(CCC(=O)C(C)c2ccc(NS(C)(=O)=O)cc2)c(N2CCC(C)CC2)n1. The predicted molar refractivity (Wildman–Crippen MR) is 126 cm³/mol. The number of piperidine rings is 1. The number of aromatic nitrogens is 1. The molecule has 1 unspecified atom stereocenters. The Balaban J connectivity index is 1.65. The zero-order valence-corrected chi connectivity index (χ0v) is 19.7. The maximum absolute atomic E-state index is 12.9. The molecule has 1 atom stereocenters. The Kier molecular flexibility index (Phi) is 7.36. The summed E-state index contributed by atoms with van der Waals surface area (Å²) in [5.74, 6) is 1.71. The Bertz CT molecular complexity index is 1010. The normalized spacial score (nSPS) is 16.2. The smallest absolute Gasteiger partial charge is 0.229 e. The van der Waals surface area contributed by atoms with Crippen LogP contribution < -0.4 is 9.62 Å². The fourth-order valence-corrected chi connectivity index (χ4v) is 4.54. The molecule has 168 valence electrons. The number of sulfonamides is 1. The van der Waals surface area contributed by atoms with E-state index in [1.807, 2.05) is 32.0 Å². The fourth-order valence-electron chi connectivity index (χ4n) is 3.98. The van der Waals surface area contributed by atoms with Crippen molar-refractivity contribution in [2.45, 2.75) is 52.4 Å². The first-order chi connectivity index (χ1) is 14.6. The maximum Gasteiger partial charge on any atom is 0.229 e. The number of Topliss-reactive ketones (excluding diaryl/α,β-unsaturated/α-hetero) is 1. The van der Waals surface area contributed by atoms with E-state index in [2.05, 4.69) is 22.6 Å². The Morgan fingerprint density at radius 3 is 2.42 bits per heavy atom. The second kappa shape index (κ2) is 9.81. The number of nitrogens with zero attached hydrogens (tertiary/aromatic N) is 2. The molecule has 1 aromatic carbocycles. The minimum Gasteiger partial charge on any atom is -0.356 e. The van der Waals surface area contributed by atoms with E-state index in [1.54, 1.807) is 12.1 Å². The van der Waals surface area contributed by atoms with Crippen molar-refractivity contribution in [2.75, 3.05) is 29.0 Å². The quantitative estimate of drug-likeness (QED) is 0.658. The first-order valence-electron chi connectivity index (χ1n) is 10.9. The number of rotatable bonds is 8. The Morgan fingerprint density at radius 2 is 1.81 bits per heavy atom. The lowest BCUT2D eigenvalue weighted by molar-refractivity contribution is -0.120. The van der Waals surface area contributed by atoms with Gasteiger partial charge in [-0.05, 0) is 61.4 Å². The highest BCUT2D eigenvalue weighted by atomic mass is 32.2. The lowest BCUT2D eigenvalue weighted by Crippen LogP contribution is -2.34. The number of hydrogen-bond acceptors (Lipinski definition) is 5. The van der Waals surface area contributed by atoms with Gasteiger partial charge < -0.3 is 4.90 Å². The molecule has 0 saturated carbocycles. The van der Waals surface area contributed by atoms with E-state index in [1.165, 1.54) is 12.8 Å². The molecule has 6 nitrogen and oxygen atoms in total. The van der Waals surface area contributed by atoms with E-state index in [0.29, 0.717) is 18.5 Å². The maximum atomic E-state index is 12.9. The van der Waals surface area contributed by atoms with Gasteiger partial charge in [0.2, 0.25) is 10.0 Å². The van der Waals surface area contributed by atoms with Gasteiger partial charge in [0, 0.05) is 36.8 Å². The fraction of sp³-hybridized carbons (Fsp3) is 0.500. The first-order valence-corrected chi connectivity index (χ1v) is 12.8. The minimum absolute atomic E-state index is 0.169. The molecule has 0 bridgehead atoms. The van der Waals surface area contributed by atoms with Crippen LogP contribution in [0.5, 0.6) is 0 Å². The summed E-state index contributed by atoms with van der Waals surface area (Å²) in [4.78, 5) is 20.0. The third-order valence-corrected chi connectivity index (χ3v) is 6.62. The largest absolute Gasteiger partial charge is 0.356 e. The summed E-state index contributed by atoms with van der Waals surface area (Å²) in [5.41, 5.74) is 3.52. The van der Waals surface area contributed by atoms with Gasteiger partial charge in [-0.2, -0.15) is 0 Å². The molecule has 0 radical (unpaired) electrons. The average molecular weight is 444 g/mol. The van der Waals surface area contributed by atoms with E-state index >= 15 is 0 Å².